The number of aromatic amines is 1. The number of rotatable bonds is 4. The molecule has 0 bridgehead atoms. The summed E-state index contributed by atoms with van der Waals surface area (Å²) in [5.74, 6) is -0.151. The molecule has 3 aromatic carbocycles. The van der Waals surface area contributed by atoms with Crippen LogP contribution in [0.5, 0.6) is 5.75 Å². The fraction of sp³-hybridized carbons (Fsp3) is 0.0833. The number of phenols is 1. The Morgan fingerprint density at radius 3 is 2.24 bits per heavy atom. The zero-order valence-electron chi connectivity index (χ0n) is 16.1. The highest BCUT2D eigenvalue weighted by molar-refractivity contribution is 6.33. The van der Waals surface area contributed by atoms with Crippen LogP contribution in [-0.4, -0.2) is 26.0 Å². The van der Waals surface area contributed by atoms with Crippen LogP contribution in [0.25, 0.3) is 22.4 Å². The molecule has 29 heavy (non-hydrogen) atoms. The average molecular weight is 384 g/mol. The predicted octanol–water partition coefficient (Wildman–Crippen LogP) is 5.19. The van der Waals surface area contributed by atoms with E-state index in [0.717, 1.165) is 11.1 Å². The Morgan fingerprint density at radius 2 is 1.55 bits per heavy atom. The molecule has 0 aliphatic rings. The highest BCUT2D eigenvalue weighted by atomic mass is 16.3. The van der Waals surface area contributed by atoms with Crippen molar-refractivity contribution in [3.05, 3.63) is 94.8 Å². The number of imidazole rings is 1. The van der Waals surface area contributed by atoms with E-state index in [-0.39, 0.29) is 28.7 Å². The van der Waals surface area contributed by atoms with Crippen molar-refractivity contribution in [3.63, 3.8) is 0 Å². The molecule has 144 valence electrons. The van der Waals surface area contributed by atoms with E-state index in [2.05, 4.69) is 9.97 Å². The van der Waals surface area contributed by atoms with Gasteiger partial charge in [-0.2, -0.15) is 0 Å². The Bertz CT molecular complexity index is 1270. The number of allylic oxidation sites excluding steroid dienone is 1. The molecule has 0 spiro atoms. The molecule has 5 heteroatoms. The zero-order chi connectivity index (χ0) is 20.5. The number of phenolic OH excluding ortho intramolecular Hbond substituents is 1. The Morgan fingerprint density at radius 1 is 0.897 bits per heavy atom. The SMILES string of the molecule is Cc1cccc(C(=O)C(=C(O)c2cccc(C)c2)c2nc3ccc(O)cc3[nH]2)c1. The summed E-state index contributed by atoms with van der Waals surface area (Å²) in [5.41, 5.74) is 4.14. The van der Waals surface area contributed by atoms with Crippen LogP contribution in [0.1, 0.15) is 32.9 Å². The van der Waals surface area contributed by atoms with E-state index in [1.807, 2.05) is 38.1 Å². The van der Waals surface area contributed by atoms with Gasteiger partial charge in [-0.1, -0.05) is 47.5 Å². The van der Waals surface area contributed by atoms with Gasteiger partial charge in [0.15, 0.2) is 0 Å². The number of aryl methyl sites for hydroxylation is 2. The van der Waals surface area contributed by atoms with Crippen LogP contribution in [-0.2, 0) is 0 Å². The van der Waals surface area contributed by atoms with Crippen molar-refractivity contribution in [1.82, 2.24) is 9.97 Å². The maximum atomic E-state index is 13.4. The van der Waals surface area contributed by atoms with Gasteiger partial charge in [-0.3, -0.25) is 4.79 Å². The molecule has 0 aliphatic heterocycles. The number of benzene rings is 3. The number of aromatic nitrogens is 2. The molecular formula is C24H20N2O3. The summed E-state index contributed by atoms with van der Waals surface area (Å²) in [5, 5.41) is 20.8. The summed E-state index contributed by atoms with van der Waals surface area (Å²) in [7, 11) is 0. The normalized spacial score (nSPS) is 12.1. The van der Waals surface area contributed by atoms with E-state index in [1.54, 1.807) is 30.3 Å². The van der Waals surface area contributed by atoms with Gasteiger partial charge in [0.1, 0.15) is 22.9 Å². The molecule has 4 aromatic rings. The highest BCUT2D eigenvalue weighted by Crippen LogP contribution is 2.29. The number of nitrogens with one attached hydrogen (secondary N) is 1. The molecule has 0 amide bonds. The number of nitrogens with zero attached hydrogens (tertiary/aromatic N) is 1. The lowest BCUT2D eigenvalue weighted by molar-refractivity contribution is 0.105. The van der Waals surface area contributed by atoms with E-state index in [1.165, 1.54) is 12.1 Å². The number of Topliss-reactive ketones (excluding diaryl/α,β-unsaturated/α-hetero) is 1. The topological polar surface area (TPSA) is 86.2 Å². The molecule has 0 fully saturated rings. The number of aliphatic hydroxyl groups is 1. The van der Waals surface area contributed by atoms with Crippen molar-refractivity contribution in [2.24, 2.45) is 0 Å². The minimum Gasteiger partial charge on any atom is -0.508 e. The van der Waals surface area contributed by atoms with Crippen LogP contribution in [0.2, 0.25) is 0 Å². The van der Waals surface area contributed by atoms with Gasteiger partial charge in [0.2, 0.25) is 5.78 Å². The van der Waals surface area contributed by atoms with Crippen LogP contribution >= 0.6 is 0 Å². The highest BCUT2D eigenvalue weighted by Gasteiger charge is 2.24. The van der Waals surface area contributed by atoms with Gasteiger partial charge in [-0.15, -0.1) is 0 Å². The smallest absolute Gasteiger partial charge is 0.200 e. The first-order valence-electron chi connectivity index (χ1n) is 9.23. The summed E-state index contributed by atoms with van der Waals surface area (Å²) in [6.07, 6.45) is 0. The van der Waals surface area contributed by atoms with Gasteiger partial charge in [0.05, 0.1) is 11.0 Å². The van der Waals surface area contributed by atoms with Gasteiger partial charge in [-0.05, 0) is 38.1 Å². The van der Waals surface area contributed by atoms with Crippen molar-refractivity contribution in [1.29, 1.82) is 0 Å². The molecule has 0 unspecified atom stereocenters. The van der Waals surface area contributed by atoms with Crippen LogP contribution < -0.4 is 0 Å². The largest absolute Gasteiger partial charge is 0.508 e. The average Bonchev–Trinajstić information content (AvgIpc) is 3.10. The molecule has 0 atom stereocenters. The van der Waals surface area contributed by atoms with Crippen molar-refractivity contribution in [3.8, 4) is 5.75 Å². The van der Waals surface area contributed by atoms with Gasteiger partial charge >= 0.3 is 0 Å². The summed E-state index contributed by atoms with van der Waals surface area (Å²) in [6, 6.07) is 19.2. The number of aromatic hydroxyl groups is 1. The van der Waals surface area contributed by atoms with E-state index < -0.39 is 0 Å². The number of hydrogen-bond donors (Lipinski definition) is 3. The molecular weight excluding hydrogens is 364 g/mol. The first-order chi connectivity index (χ1) is 13.9. The first-order valence-corrected chi connectivity index (χ1v) is 9.23. The van der Waals surface area contributed by atoms with Crippen LogP contribution in [0.3, 0.4) is 0 Å². The monoisotopic (exact) mass is 384 g/mol. The molecule has 0 aliphatic carbocycles. The maximum absolute atomic E-state index is 13.4. The lowest BCUT2D eigenvalue weighted by Gasteiger charge is -2.10. The Kier molecular flexibility index (Phi) is 4.64. The number of carbonyl (C=O) groups excluding carboxylic acids is 1. The number of hydrogen-bond acceptors (Lipinski definition) is 4. The number of H-pyrrole nitrogens is 1. The second-order valence-electron chi connectivity index (χ2n) is 7.08. The van der Waals surface area contributed by atoms with E-state index in [9.17, 15) is 15.0 Å². The second-order valence-corrected chi connectivity index (χ2v) is 7.08. The third kappa shape index (κ3) is 3.62. The first kappa shape index (κ1) is 18.5. The summed E-state index contributed by atoms with van der Waals surface area (Å²) in [6.45, 7) is 3.83. The molecule has 0 radical (unpaired) electrons. The molecule has 0 saturated carbocycles. The zero-order valence-corrected chi connectivity index (χ0v) is 16.1. The number of fused-ring (bicyclic) bond motifs is 1. The number of carbonyl (C=O) groups is 1. The number of aliphatic hydroxyl groups excluding tert-OH is 1. The van der Waals surface area contributed by atoms with E-state index in [4.69, 9.17) is 0 Å². The minimum absolute atomic E-state index is 0.0805. The molecule has 3 N–H and O–H groups in total. The van der Waals surface area contributed by atoms with Crippen molar-refractivity contribution in [2.75, 3.05) is 0 Å². The van der Waals surface area contributed by atoms with Crippen molar-refractivity contribution in [2.45, 2.75) is 13.8 Å². The van der Waals surface area contributed by atoms with Crippen LogP contribution in [0.4, 0.5) is 0 Å². The van der Waals surface area contributed by atoms with Gasteiger partial charge in [0.25, 0.3) is 0 Å². The van der Waals surface area contributed by atoms with E-state index >= 15 is 0 Å². The predicted molar refractivity (Wildman–Crippen MR) is 114 cm³/mol. The fourth-order valence-corrected chi connectivity index (χ4v) is 3.31. The Hall–Kier alpha value is -3.86. The molecule has 1 aromatic heterocycles. The Labute approximate surface area is 168 Å². The third-order valence-corrected chi connectivity index (χ3v) is 4.74. The van der Waals surface area contributed by atoms with Gasteiger partial charge in [0, 0.05) is 17.2 Å². The van der Waals surface area contributed by atoms with Crippen LogP contribution in [0.15, 0.2) is 66.7 Å². The minimum atomic E-state index is -0.337. The quantitative estimate of drug-likeness (QED) is 0.257. The standard InChI is InChI=1S/C24H20N2O3/c1-14-5-3-7-16(11-14)22(28)21(23(29)17-8-4-6-15(2)12-17)24-25-19-10-9-18(27)13-20(19)26-24/h3-13,27-28H,1-2H3,(H,25,26). The lowest BCUT2D eigenvalue weighted by Crippen LogP contribution is -2.08. The van der Waals surface area contributed by atoms with Crippen LogP contribution in [0, 0.1) is 13.8 Å². The lowest BCUT2D eigenvalue weighted by atomic mass is 9.97. The van der Waals surface area contributed by atoms with Crippen molar-refractivity contribution < 1.29 is 15.0 Å². The molecule has 5 nitrogen and oxygen atoms in total. The van der Waals surface area contributed by atoms with E-state index in [0.29, 0.717) is 22.2 Å². The summed E-state index contributed by atoms with van der Waals surface area (Å²) >= 11 is 0. The fourth-order valence-electron chi connectivity index (χ4n) is 3.31. The van der Waals surface area contributed by atoms with Crippen molar-refractivity contribution >= 4 is 28.1 Å². The third-order valence-electron chi connectivity index (χ3n) is 4.74. The van der Waals surface area contributed by atoms with Gasteiger partial charge in [-0.25, -0.2) is 4.98 Å². The Balaban J connectivity index is 1.95. The second kappa shape index (κ2) is 7.28. The maximum Gasteiger partial charge on any atom is 0.200 e. The van der Waals surface area contributed by atoms with Gasteiger partial charge < -0.3 is 15.2 Å². The number of ketones is 1. The molecule has 0 saturated heterocycles. The molecule has 4 rings (SSSR count). The summed E-state index contributed by atoms with van der Waals surface area (Å²) < 4.78 is 0. The molecule has 1 heterocycles. The summed E-state index contributed by atoms with van der Waals surface area (Å²) in [4.78, 5) is 21.0.